The maximum Gasteiger partial charge on any atom is 0.181 e. The molecule has 2 N–H and O–H groups in total. The van der Waals surface area contributed by atoms with Crippen LogP contribution in [0.3, 0.4) is 0 Å². The van der Waals surface area contributed by atoms with Gasteiger partial charge in [-0.15, -0.1) is 0 Å². The lowest BCUT2D eigenvalue weighted by Gasteiger charge is -2.29. The van der Waals surface area contributed by atoms with Gasteiger partial charge in [-0.3, -0.25) is 4.90 Å². The Balaban J connectivity index is 1.65. The highest BCUT2D eigenvalue weighted by Gasteiger charge is 2.38. The molecular weight excluding hydrogens is 214 g/mol. The second-order valence-corrected chi connectivity index (χ2v) is 5.57. The van der Waals surface area contributed by atoms with E-state index in [-0.39, 0.29) is 0 Å². The Labute approximate surface area is 102 Å². The Bertz CT molecular complexity index is 390. The van der Waals surface area contributed by atoms with Crippen molar-refractivity contribution in [3.63, 3.8) is 0 Å². The van der Waals surface area contributed by atoms with Gasteiger partial charge in [0.15, 0.2) is 6.39 Å². The summed E-state index contributed by atoms with van der Waals surface area (Å²) in [5, 5.41) is 0. The molecule has 4 heteroatoms. The molecule has 3 unspecified atom stereocenters. The Kier molecular flexibility index (Phi) is 2.92. The minimum atomic E-state index is 0.414. The number of rotatable bonds is 2. The van der Waals surface area contributed by atoms with E-state index in [1.807, 2.05) is 6.92 Å². The molecule has 1 aromatic heterocycles. The van der Waals surface area contributed by atoms with Crippen molar-refractivity contribution in [3.8, 4) is 0 Å². The van der Waals surface area contributed by atoms with Gasteiger partial charge >= 0.3 is 0 Å². The van der Waals surface area contributed by atoms with Crippen molar-refractivity contribution in [2.45, 2.75) is 38.8 Å². The van der Waals surface area contributed by atoms with Crippen LogP contribution in [0.1, 0.15) is 30.7 Å². The van der Waals surface area contributed by atoms with Crippen LogP contribution in [-0.4, -0.2) is 29.0 Å². The van der Waals surface area contributed by atoms with Crippen LogP contribution < -0.4 is 5.73 Å². The number of aromatic nitrogens is 1. The van der Waals surface area contributed by atoms with Crippen molar-refractivity contribution in [2.24, 2.45) is 17.6 Å². The number of hydrogen-bond acceptors (Lipinski definition) is 4. The van der Waals surface area contributed by atoms with Gasteiger partial charge in [-0.05, 0) is 31.6 Å². The maximum atomic E-state index is 6.22. The second kappa shape index (κ2) is 4.42. The molecule has 3 atom stereocenters. The second-order valence-electron chi connectivity index (χ2n) is 5.57. The minimum absolute atomic E-state index is 0.414. The van der Waals surface area contributed by atoms with Crippen molar-refractivity contribution in [1.29, 1.82) is 0 Å². The molecule has 1 saturated carbocycles. The van der Waals surface area contributed by atoms with Crippen molar-refractivity contribution in [3.05, 3.63) is 17.8 Å². The normalized spacial score (nSPS) is 33.9. The molecule has 0 aromatic carbocycles. The first-order valence-electron chi connectivity index (χ1n) is 6.61. The fraction of sp³-hybridized carbons (Fsp3) is 0.769. The van der Waals surface area contributed by atoms with Crippen LogP contribution in [0.4, 0.5) is 0 Å². The van der Waals surface area contributed by atoms with Gasteiger partial charge in [0, 0.05) is 25.7 Å². The molecule has 17 heavy (non-hydrogen) atoms. The first-order chi connectivity index (χ1) is 8.24. The summed E-state index contributed by atoms with van der Waals surface area (Å²) in [5.74, 6) is 2.46. The topological polar surface area (TPSA) is 55.3 Å². The largest absolute Gasteiger partial charge is 0.448 e. The first kappa shape index (κ1) is 11.2. The lowest BCUT2D eigenvalue weighted by Crippen LogP contribution is -2.38. The highest BCUT2D eigenvalue weighted by atomic mass is 16.3. The van der Waals surface area contributed by atoms with Gasteiger partial charge in [0.05, 0.1) is 5.69 Å². The summed E-state index contributed by atoms with van der Waals surface area (Å²) in [6.45, 7) is 5.22. The predicted molar refractivity (Wildman–Crippen MR) is 65.3 cm³/mol. The van der Waals surface area contributed by atoms with Gasteiger partial charge in [0.1, 0.15) is 5.76 Å². The number of fused-ring (bicyclic) bond motifs is 1. The van der Waals surface area contributed by atoms with Gasteiger partial charge in [-0.25, -0.2) is 4.98 Å². The number of hydrogen-bond donors (Lipinski definition) is 1. The molecule has 0 bridgehead atoms. The minimum Gasteiger partial charge on any atom is -0.448 e. The SMILES string of the molecule is Cc1ocnc1CN1CC2CCCC(N)C2C1. The van der Waals surface area contributed by atoms with E-state index < -0.39 is 0 Å². The van der Waals surface area contributed by atoms with Gasteiger partial charge in [-0.2, -0.15) is 0 Å². The first-order valence-corrected chi connectivity index (χ1v) is 6.61. The van der Waals surface area contributed by atoms with Crippen molar-refractivity contribution in [1.82, 2.24) is 9.88 Å². The Morgan fingerprint density at radius 3 is 3.06 bits per heavy atom. The monoisotopic (exact) mass is 235 g/mol. The van der Waals surface area contributed by atoms with Crippen LogP contribution in [0.15, 0.2) is 10.8 Å². The van der Waals surface area contributed by atoms with Crippen molar-refractivity contribution < 1.29 is 4.42 Å². The third-order valence-corrected chi connectivity index (χ3v) is 4.45. The molecular formula is C13H21N3O. The molecule has 0 spiro atoms. The zero-order chi connectivity index (χ0) is 11.8. The number of oxazole rings is 1. The molecule has 4 nitrogen and oxygen atoms in total. The van der Waals surface area contributed by atoms with E-state index in [0.717, 1.165) is 30.5 Å². The summed E-state index contributed by atoms with van der Waals surface area (Å²) in [6.07, 6.45) is 5.41. The smallest absolute Gasteiger partial charge is 0.181 e. The molecule has 0 radical (unpaired) electrons. The summed E-state index contributed by atoms with van der Waals surface area (Å²) in [5.41, 5.74) is 7.31. The Morgan fingerprint density at radius 2 is 2.35 bits per heavy atom. The van der Waals surface area contributed by atoms with E-state index in [0.29, 0.717) is 12.0 Å². The van der Waals surface area contributed by atoms with Gasteiger partial charge in [-0.1, -0.05) is 6.42 Å². The molecule has 2 heterocycles. The molecule has 1 saturated heterocycles. The maximum absolute atomic E-state index is 6.22. The van der Waals surface area contributed by atoms with Crippen LogP contribution >= 0.6 is 0 Å². The van der Waals surface area contributed by atoms with Crippen LogP contribution in [-0.2, 0) is 6.54 Å². The molecule has 2 fully saturated rings. The number of likely N-dealkylation sites (tertiary alicyclic amines) is 1. The van der Waals surface area contributed by atoms with Crippen LogP contribution in [0.5, 0.6) is 0 Å². The molecule has 3 rings (SSSR count). The van der Waals surface area contributed by atoms with E-state index in [1.54, 1.807) is 6.39 Å². The van der Waals surface area contributed by atoms with Crippen molar-refractivity contribution in [2.75, 3.05) is 13.1 Å². The average Bonchev–Trinajstić information content (AvgIpc) is 2.87. The van der Waals surface area contributed by atoms with Crippen LogP contribution in [0.25, 0.3) is 0 Å². The molecule has 1 aromatic rings. The third kappa shape index (κ3) is 2.11. The lowest BCUT2D eigenvalue weighted by atomic mass is 9.78. The molecule has 2 aliphatic rings. The standard InChI is InChI=1S/C13H21N3O/c1-9-13(15-8-17-9)7-16-5-10-3-2-4-12(14)11(10)6-16/h8,10-12H,2-7,14H2,1H3. The number of nitrogens with zero attached hydrogens (tertiary/aromatic N) is 2. The molecule has 1 aliphatic carbocycles. The van der Waals surface area contributed by atoms with Crippen molar-refractivity contribution >= 4 is 0 Å². The van der Waals surface area contributed by atoms with Gasteiger partial charge in [0.2, 0.25) is 0 Å². The quantitative estimate of drug-likeness (QED) is 0.845. The lowest BCUT2D eigenvalue weighted by molar-refractivity contribution is 0.259. The zero-order valence-electron chi connectivity index (χ0n) is 10.4. The van der Waals surface area contributed by atoms with E-state index in [9.17, 15) is 0 Å². The molecule has 0 amide bonds. The Hall–Kier alpha value is -0.870. The van der Waals surface area contributed by atoms with Crippen LogP contribution in [0, 0.1) is 18.8 Å². The van der Waals surface area contributed by atoms with E-state index in [1.165, 1.54) is 25.8 Å². The van der Waals surface area contributed by atoms with E-state index in [2.05, 4.69) is 9.88 Å². The number of aryl methyl sites for hydroxylation is 1. The van der Waals surface area contributed by atoms with Gasteiger partial charge in [0.25, 0.3) is 0 Å². The van der Waals surface area contributed by atoms with E-state index in [4.69, 9.17) is 10.2 Å². The molecule has 94 valence electrons. The highest BCUT2D eigenvalue weighted by Crippen LogP contribution is 2.36. The highest BCUT2D eigenvalue weighted by molar-refractivity contribution is 5.05. The Morgan fingerprint density at radius 1 is 1.47 bits per heavy atom. The third-order valence-electron chi connectivity index (χ3n) is 4.45. The van der Waals surface area contributed by atoms with Gasteiger partial charge < -0.3 is 10.2 Å². The average molecular weight is 235 g/mol. The molecule has 1 aliphatic heterocycles. The summed E-state index contributed by atoms with van der Waals surface area (Å²) in [4.78, 5) is 6.77. The fourth-order valence-electron chi connectivity index (χ4n) is 3.43. The van der Waals surface area contributed by atoms with E-state index >= 15 is 0 Å². The fourth-order valence-corrected chi connectivity index (χ4v) is 3.43. The summed E-state index contributed by atoms with van der Waals surface area (Å²) < 4.78 is 5.25. The summed E-state index contributed by atoms with van der Waals surface area (Å²) in [7, 11) is 0. The number of nitrogens with two attached hydrogens (primary N) is 1. The zero-order valence-corrected chi connectivity index (χ0v) is 10.4. The summed E-state index contributed by atoms with van der Waals surface area (Å²) >= 11 is 0. The predicted octanol–water partition coefficient (Wildman–Crippen LogP) is 1.54. The van der Waals surface area contributed by atoms with Crippen LogP contribution in [0.2, 0.25) is 0 Å². The summed E-state index contributed by atoms with van der Waals surface area (Å²) in [6, 6.07) is 0.414.